The SMILES string of the molecule is CCC(N)C(Oc1ccccc1I)c1ccc(C)cc1. The maximum absolute atomic E-state index is 6.26. The third kappa shape index (κ3) is 3.73. The third-order valence-electron chi connectivity index (χ3n) is 3.36. The summed E-state index contributed by atoms with van der Waals surface area (Å²) in [6, 6.07) is 16.4. The molecule has 2 rings (SSSR count). The van der Waals surface area contributed by atoms with Gasteiger partial charge in [-0.1, -0.05) is 48.9 Å². The van der Waals surface area contributed by atoms with Crippen molar-refractivity contribution in [1.29, 1.82) is 0 Å². The lowest BCUT2D eigenvalue weighted by molar-refractivity contribution is 0.169. The molecule has 0 aliphatic heterocycles. The Morgan fingerprint density at radius 1 is 1.10 bits per heavy atom. The van der Waals surface area contributed by atoms with E-state index < -0.39 is 0 Å². The maximum Gasteiger partial charge on any atom is 0.139 e. The van der Waals surface area contributed by atoms with Crippen LogP contribution in [0.15, 0.2) is 48.5 Å². The van der Waals surface area contributed by atoms with Crippen molar-refractivity contribution >= 4 is 22.6 Å². The fourth-order valence-electron chi connectivity index (χ4n) is 2.05. The van der Waals surface area contributed by atoms with E-state index in [1.807, 2.05) is 24.3 Å². The minimum atomic E-state index is -0.114. The summed E-state index contributed by atoms with van der Waals surface area (Å²) < 4.78 is 7.29. The zero-order valence-corrected chi connectivity index (χ0v) is 14.0. The van der Waals surface area contributed by atoms with Gasteiger partial charge in [-0.05, 0) is 53.6 Å². The molecule has 0 aliphatic rings. The van der Waals surface area contributed by atoms with Crippen molar-refractivity contribution in [2.24, 2.45) is 5.73 Å². The van der Waals surface area contributed by atoms with Crippen LogP contribution >= 0.6 is 22.6 Å². The van der Waals surface area contributed by atoms with E-state index in [9.17, 15) is 0 Å². The molecule has 0 saturated carbocycles. The second-order valence-electron chi connectivity index (χ2n) is 4.95. The van der Waals surface area contributed by atoms with E-state index in [0.717, 1.165) is 21.3 Å². The van der Waals surface area contributed by atoms with Crippen LogP contribution in [0.4, 0.5) is 0 Å². The Morgan fingerprint density at radius 3 is 2.35 bits per heavy atom. The summed E-state index contributed by atoms with van der Waals surface area (Å²) in [4.78, 5) is 0. The molecule has 2 atom stereocenters. The molecule has 0 bridgehead atoms. The molecular formula is C17H20INO. The summed E-state index contributed by atoms with van der Waals surface area (Å²) in [5.74, 6) is 0.891. The first-order valence-corrected chi connectivity index (χ1v) is 7.93. The Hall–Kier alpha value is -1.07. The molecule has 106 valence electrons. The average Bonchev–Trinajstić information content (AvgIpc) is 2.47. The number of benzene rings is 2. The topological polar surface area (TPSA) is 35.2 Å². The van der Waals surface area contributed by atoms with E-state index in [1.165, 1.54) is 5.56 Å². The van der Waals surface area contributed by atoms with Gasteiger partial charge in [-0.25, -0.2) is 0 Å². The van der Waals surface area contributed by atoms with Gasteiger partial charge in [0.25, 0.3) is 0 Å². The number of hydrogen-bond acceptors (Lipinski definition) is 2. The summed E-state index contributed by atoms with van der Waals surface area (Å²) in [6.07, 6.45) is 0.763. The molecule has 2 nitrogen and oxygen atoms in total. The van der Waals surface area contributed by atoms with E-state index in [0.29, 0.717) is 0 Å². The lowest BCUT2D eigenvalue weighted by atomic mass is 10.00. The number of rotatable bonds is 5. The van der Waals surface area contributed by atoms with Gasteiger partial charge in [-0.3, -0.25) is 0 Å². The molecule has 0 heterocycles. The summed E-state index contributed by atoms with van der Waals surface area (Å²) >= 11 is 2.29. The van der Waals surface area contributed by atoms with Crippen LogP contribution in [0.5, 0.6) is 5.75 Å². The van der Waals surface area contributed by atoms with Crippen LogP contribution in [0.25, 0.3) is 0 Å². The predicted molar refractivity (Wildman–Crippen MR) is 92.0 cm³/mol. The number of ether oxygens (including phenoxy) is 1. The fourth-order valence-corrected chi connectivity index (χ4v) is 2.56. The summed E-state index contributed by atoms with van der Waals surface area (Å²) in [5, 5.41) is 0. The zero-order chi connectivity index (χ0) is 14.5. The van der Waals surface area contributed by atoms with Crippen LogP contribution in [-0.4, -0.2) is 6.04 Å². The van der Waals surface area contributed by atoms with E-state index in [2.05, 4.69) is 60.7 Å². The van der Waals surface area contributed by atoms with E-state index >= 15 is 0 Å². The summed E-state index contributed by atoms with van der Waals surface area (Å²) in [5.41, 5.74) is 8.63. The first-order valence-electron chi connectivity index (χ1n) is 6.85. The van der Waals surface area contributed by atoms with E-state index in [4.69, 9.17) is 10.5 Å². The fraction of sp³-hybridized carbons (Fsp3) is 0.294. The normalized spacial score (nSPS) is 13.8. The molecule has 0 radical (unpaired) electrons. The molecule has 3 heteroatoms. The Bertz CT molecular complexity index is 553. The molecule has 0 amide bonds. The number of nitrogens with two attached hydrogens (primary N) is 1. The zero-order valence-electron chi connectivity index (χ0n) is 11.8. The van der Waals surface area contributed by atoms with Gasteiger partial charge in [0, 0.05) is 6.04 Å². The van der Waals surface area contributed by atoms with Crippen LogP contribution in [0.1, 0.15) is 30.6 Å². The molecule has 0 spiro atoms. The summed E-state index contributed by atoms with van der Waals surface area (Å²) in [6.45, 7) is 4.17. The number of hydrogen-bond donors (Lipinski definition) is 1. The van der Waals surface area contributed by atoms with Gasteiger partial charge < -0.3 is 10.5 Å². The van der Waals surface area contributed by atoms with Crippen molar-refractivity contribution < 1.29 is 4.74 Å². The van der Waals surface area contributed by atoms with Crippen LogP contribution in [0.3, 0.4) is 0 Å². The van der Waals surface area contributed by atoms with Gasteiger partial charge >= 0.3 is 0 Å². The Balaban J connectivity index is 2.29. The molecule has 20 heavy (non-hydrogen) atoms. The van der Waals surface area contributed by atoms with Crippen molar-refractivity contribution in [2.45, 2.75) is 32.4 Å². The molecule has 2 unspecified atom stereocenters. The first-order chi connectivity index (χ1) is 9.61. The third-order valence-corrected chi connectivity index (χ3v) is 4.25. The van der Waals surface area contributed by atoms with Gasteiger partial charge in [-0.2, -0.15) is 0 Å². The van der Waals surface area contributed by atoms with Gasteiger partial charge in [0.1, 0.15) is 11.9 Å². The van der Waals surface area contributed by atoms with E-state index in [-0.39, 0.29) is 12.1 Å². The highest BCUT2D eigenvalue weighted by Gasteiger charge is 2.21. The highest BCUT2D eigenvalue weighted by atomic mass is 127. The van der Waals surface area contributed by atoms with Crippen LogP contribution in [-0.2, 0) is 0 Å². The summed E-state index contributed by atoms with van der Waals surface area (Å²) in [7, 11) is 0. The average molecular weight is 381 g/mol. The van der Waals surface area contributed by atoms with Crippen molar-refractivity contribution in [3.05, 3.63) is 63.2 Å². The van der Waals surface area contributed by atoms with E-state index in [1.54, 1.807) is 0 Å². The van der Waals surface area contributed by atoms with Gasteiger partial charge in [0.15, 0.2) is 0 Å². The van der Waals surface area contributed by atoms with Crippen molar-refractivity contribution in [3.63, 3.8) is 0 Å². The largest absolute Gasteiger partial charge is 0.483 e. The molecule has 2 N–H and O–H groups in total. The molecule has 2 aromatic carbocycles. The molecule has 0 aliphatic carbocycles. The minimum absolute atomic E-state index is 0.0197. The smallest absolute Gasteiger partial charge is 0.139 e. The number of para-hydroxylation sites is 1. The molecule has 0 aromatic heterocycles. The van der Waals surface area contributed by atoms with Crippen LogP contribution < -0.4 is 10.5 Å². The van der Waals surface area contributed by atoms with Crippen LogP contribution in [0.2, 0.25) is 0 Å². The second-order valence-corrected chi connectivity index (χ2v) is 6.11. The quantitative estimate of drug-likeness (QED) is 0.777. The molecule has 0 saturated heterocycles. The van der Waals surface area contributed by atoms with Gasteiger partial charge in [-0.15, -0.1) is 0 Å². The Kier molecular flexibility index (Phi) is 5.43. The number of halogens is 1. The highest BCUT2D eigenvalue weighted by molar-refractivity contribution is 14.1. The lowest BCUT2D eigenvalue weighted by Crippen LogP contribution is -2.31. The number of aryl methyl sites for hydroxylation is 1. The van der Waals surface area contributed by atoms with Crippen molar-refractivity contribution in [2.75, 3.05) is 0 Å². The van der Waals surface area contributed by atoms with Crippen LogP contribution in [0, 0.1) is 10.5 Å². The highest BCUT2D eigenvalue weighted by Crippen LogP contribution is 2.29. The molecular weight excluding hydrogens is 361 g/mol. The standard InChI is InChI=1S/C17H20INO/c1-3-15(19)17(13-10-8-12(2)9-11-13)20-16-7-5-4-6-14(16)18/h4-11,15,17H,3,19H2,1-2H3. The van der Waals surface area contributed by atoms with Gasteiger partial charge in [0.2, 0.25) is 0 Å². The molecule has 0 fully saturated rings. The minimum Gasteiger partial charge on any atom is -0.483 e. The maximum atomic E-state index is 6.26. The Labute approximate surface area is 134 Å². The molecule has 2 aromatic rings. The van der Waals surface area contributed by atoms with Crippen molar-refractivity contribution in [1.82, 2.24) is 0 Å². The van der Waals surface area contributed by atoms with Crippen molar-refractivity contribution in [3.8, 4) is 5.75 Å². The Morgan fingerprint density at radius 2 is 1.75 bits per heavy atom. The first kappa shape index (κ1) is 15.3. The lowest BCUT2D eigenvalue weighted by Gasteiger charge is -2.25. The predicted octanol–water partition coefficient (Wildman–Crippen LogP) is 4.46. The monoisotopic (exact) mass is 381 g/mol. The van der Waals surface area contributed by atoms with Gasteiger partial charge in [0.05, 0.1) is 3.57 Å². The second kappa shape index (κ2) is 7.09.